The van der Waals surface area contributed by atoms with Crippen molar-refractivity contribution in [2.75, 3.05) is 5.32 Å². The average molecular weight is 381 g/mol. The van der Waals surface area contributed by atoms with Gasteiger partial charge in [-0.15, -0.1) is 0 Å². The first-order chi connectivity index (χ1) is 13.0. The zero-order valence-corrected chi connectivity index (χ0v) is 16.1. The molecule has 0 fully saturated rings. The maximum Gasteiger partial charge on any atom is 0.257 e. The van der Waals surface area contributed by atoms with E-state index in [0.717, 1.165) is 35.3 Å². The number of carbonyl (C=O) groups is 1. The summed E-state index contributed by atoms with van der Waals surface area (Å²) in [5, 5.41) is 3.35. The summed E-state index contributed by atoms with van der Waals surface area (Å²) in [5.41, 5.74) is 4.25. The summed E-state index contributed by atoms with van der Waals surface area (Å²) in [4.78, 5) is 25.0. The monoisotopic (exact) mass is 380 g/mol. The van der Waals surface area contributed by atoms with Crippen molar-refractivity contribution < 1.29 is 4.79 Å². The predicted octanol–water partition coefficient (Wildman–Crippen LogP) is 4.82. The molecule has 6 heteroatoms. The fourth-order valence-corrected chi connectivity index (χ4v) is 3.15. The Kier molecular flexibility index (Phi) is 6.14. The van der Waals surface area contributed by atoms with Gasteiger partial charge in [0.1, 0.15) is 5.15 Å². The molecule has 0 bridgehead atoms. The largest absolute Gasteiger partial charge is 0.322 e. The van der Waals surface area contributed by atoms with E-state index in [1.165, 1.54) is 6.20 Å². The van der Waals surface area contributed by atoms with Gasteiger partial charge < -0.3 is 5.32 Å². The summed E-state index contributed by atoms with van der Waals surface area (Å²) in [7, 11) is 0. The highest BCUT2D eigenvalue weighted by molar-refractivity contribution is 6.29. The fourth-order valence-electron chi connectivity index (χ4n) is 2.98. The van der Waals surface area contributed by atoms with Crippen molar-refractivity contribution in [3.05, 3.63) is 82.7 Å². The molecule has 1 amide bonds. The first-order valence-electron chi connectivity index (χ1n) is 8.84. The van der Waals surface area contributed by atoms with Gasteiger partial charge in [0.05, 0.1) is 17.5 Å². The number of aromatic nitrogens is 3. The van der Waals surface area contributed by atoms with Crippen molar-refractivity contribution in [2.45, 2.75) is 32.6 Å². The van der Waals surface area contributed by atoms with Crippen molar-refractivity contribution in [2.24, 2.45) is 0 Å². The molecule has 0 saturated carbocycles. The van der Waals surface area contributed by atoms with E-state index in [0.29, 0.717) is 10.7 Å². The van der Waals surface area contributed by atoms with Crippen LogP contribution in [0.4, 0.5) is 5.69 Å². The topological polar surface area (TPSA) is 67.8 Å². The van der Waals surface area contributed by atoms with Gasteiger partial charge in [0, 0.05) is 24.3 Å². The summed E-state index contributed by atoms with van der Waals surface area (Å²) in [6, 6.07) is 9.73. The third-order valence-corrected chi connectivity index (χ3v) is 4.54. The van der Waals surface area contributed by atoms with E-state index in [1.807, 2.05) is 31.2 Å². The Balaban J connectivity index is 1.76. The molecule has 0 aliphatic heterocycles. The number of rotatable bonds is 6. The quantitative estimate of drug-likeness (QED) is 0.665. The van der Waals surface area contributed by atoms with Crippen molar-refractivity contribution in [3.8, 4) is 0 Å². The minimum absolute atomic E-state index is 0.169. The molecule has 1 N–H and O–H groups in total. The Hall–Kier alpha value is -2.79. The molecule has 1 aromatic carbocycles. The number of pyridine rings is 1. The van der Waals surface area contributed by atoms with Crippen LogP contribution in [0.5, 0.6) is 0 Å². The minimum atomic E-state index is -0.169. The van der Waals surface area contributed by atoms with E-state index in [-0.39, 0.29) is 11.8 Å². The molecule has 0 aliphatic carbocycles. The molecule has 2 aromatic heterocycles. The number of amides is 1. The van der Waals surface area contributed by atoms with Gasteiger partial charge in [-0.2, -0.15) is 0 Å². The van der Waals surface area contributed by atoms with E-state index in [2.05, 4.69) is 33.3 Å². The molecule has 1 atom stereocenters. The van der Waals surface area contributed by atoms with Gasteiger partial charge in [-0.1, -0.05) is 30.7 Å². The molecule has 0 spiro atoms. The highest BCUT2D eigenvalue weighted by Crippen LogP contribution is 2.26. The summed E-state index contributed by atoms with van der Waals surface area (Å²) in [6.07, 6.45) is 8.24. The first-order valence-corrected chi connectivity index (χ1v) is 9.22. The Labute approximate surface area is 163 Å². The Morgan fingerprint density at radius 1 is 1.15 bits per heavy atom. The molecule has 0 saturated heterocycles. The summed E-state index contributed by atoms with van der Waals surface area (Å²) >= 11 is 5.94. The number of hydrogen-bond acceptors (Lipinski definition) is 4. The second-order valence-electron chi connectivity index (χ2n) is 6.47. The number of nitrogens with one attached hydrogen (secondary N) is 1. The van der Waals surface area contributed by atoms with E-state index in [4.69, 9.17) is 11.6 Å². The molecular formula is C21H21ClN4O. The maximum atomic E-state index is 12.5. The van der Waals surface area contributed by atoms with Gasteiger partial charge in [0.15, 0.2) is 0 Å². The van der Waals surface area contributed by atoms with Crippen LogP contribution in [-0.4, -0.2) is 20.9 Å². The predicted molar refractivity (Wildman–Crippen MR) is 107 cm³/mol. The lowest BCUT2D eigenvalue weighted by Gasteiger charge is -2.16. The number of anilines is 1. The third kappa shape index (κ3) is 5.11. The van der Waals surface area contributed by atoms with Crippen molar-refractivity contribution >= 4 is 23.2 Å². The van der Waals surface area contributed by atoms with E-state index >= 15 is 0 Å². The van der Waals surface area contributed by atoms with Crippen LogP contribution in [0.3, 0.4) is 0 Å². The van der Waals surface area contributed by atoms with Crippen molar-refractivity contribution in [1.29, 1.82) is 0 Å². The van der Waals surface area contributed by atoms with E-state index in [9.17, 15) is 4.79 Å². The van der Waals surface area contributed by atoms with Crippen LogP contribution in [0.15, 0.2) is 55.1 Å². The van der Waals surface area contributed by atoms with Gasteiger partial charge in [0.25, 0.3) is 5.91 Å². The number of hydrogen-bond donors (Lipinski definition) is 1. The summed E-state index contributed by atoms with van der Waals surface area (Å²) in [5.74, 6) is 0.0901. The van der Waals surface area contributed by atoms with Crippen molar-refractivity contribution in [1.82, 2.24) is 15.0 Å². The standard InChI is InChI=1S/C21H21ClN4O/c1-3-15(8-19-12-24-13-20(22)25-19)16-5-4-6-18(9-16)26-21(27)17-7-14(2)10-23-11-17/h4-7,9-13,15H,3,8H2,1-2H3,(H,26,27)/t15-/m1/s1. The number of nitrogens with zero attached hydrogens (tertiary/aromatic N) is 3. The number of benzene rings is 1. The third-order valence-electron chi connectivity index (χ3n) is 4.36. The maximum absolute atomic E-state index is 12.5. The van der Waals surface area contributed by atoms with Crippen molar-refractivity contribution in [3.63, 3.8) is 0 Å². The van der Waals surface area contributed by atoms with E-state index in [1.54, 1.807) is 18.6 Å². The normalized spacial score (nSPS) is 11.8. The SMILES string of the molecule is CC[C@H](Cc1cncc(Cl)n1)c1cccc(NC(=O)c2cncc(C)c2)c1. The molecule has 0 radical (unpaired) electrons. The lowest BCUT2D eigenvalue weighted by molar-refractivity contribution is 0.102. The first kappa shape index (κ1) is 19.0. The van der Waals surface area contributed by atoms with Gasteiger partial charge in [0.2, 0.25) is 0 Å². The van der Waals surface area contributed by atoms with Crippen LogP contribution in [-0.2, 0) is 6.42 Å². The lowest BCUT2D eigenvalue weighted by Crippen LogP contribution is -2.13. The Morgan fingerprint density at radius 2 is 1.96 bits per heavy atom. The Bertz CT molecular complexity index is 945. The van der Waals surface area contributed by atoms with Crippen LogP contribution in [0.1, 0.15) is 46.4 Å². The van der Waals surface area contributed by atoms with Gasteiger partial charge in [-0.25, -0.2) is 4.98 Å². The molecule has 0 aliphatic rings. The molecule has 3 rings (SSSR count). The van der Waals surface area contributed by atoms with Gasteiger partial charge in [-0.3, -0.25) is 14.8 Å². The highest BCUT2D eigenvalue weighted by atomic mass is 35.5. The van der Waals surface area contributed by atoms with Gasteiger partial charge in [-0.05, 0) is 55.0 Å². The smallest absolute Gasteiger partial charge is 0.257 e. The minimum Gasteiger partial charge on any atom is -0.322 e. The highest BCUT2D eigenvalue weighted by Gasteiger charge is 2.14. The molecule has 3 aromatic rings. The van der Waals surface area contributed by atoms with Crippen LogP contribution in [0.2, 0.25) is 5.15 Å². The number of halogens is 1. The zero-order chi connectivity index (χ0) is 19.2. The second kappa shape index (κ2) is 8.73. The molecule has 2 heterocycles. The number of carbonyl (C=O) groups excluding carboxylic acids is 1. The molecule has 27 heavy (non-hydrogen) atoms. The molecular weight excluding hydrogens is 360 g/mol. The summed E-state index contributed by atoms with van der Waals surface area (Å²) in [6.45, 7) is 4.04. The lowest BCUT2D eigenvalue weighted by atomic mass is 9.91. The second-order valence-corrected chi connectivity index (χ2v) is 6.86. The fraction of sp³-hybridized carbons (Fsp3) is 0.238. The average Bonchev–Trinajstić information content (AvgIpc) is 2.66. The van der Waals surface area contributed by atoms with Crippen LogP contribution in [0, 0.1) is 6.92 Å². The molecule has 5 nitrogen and oxygen atoms in total. The van der Waals surface area contributed by atoms with Crippen LogP contribution < -0.4 is 5.32 Å². The molecule has 138 valence electrons. The summed E-state index contributed by atoms with van der Waals surface area (Å²) < 4.78 is 0. The number of aryl methyl sites for hydroxylation is 1. The van der Waals surface area contributed by atoms with E-state index < -0.39 is 0 Å². The van der Waals surface area contributed by atoms with Crippen LogP contribution >= 0.6 is 11.6 Å². The Morgan fingerprint density at radius 3 is 2.70 bits per heavy atom. The van der Waals surface area contributed by atoms with Crippen LogP contribution in [0.25, 0.3) is 0 Å². The zero-order valence-electron chi connectivity index (χ0n) is 15.3. The molecule has 0 unspecified atom stereocenters. The van der Waals surface area contributed by atoms with Gasteiger partial charge >= 0.3 is 0 Å².